The van der Waals surface area contributed by atoms with E-state index in [4.69, 9.17) is 9.29 Å². The lowest BCUT2D eigenvalue weighted by atomic mass is 10.2. The van der Waals surface area contributed by atoms with Crippen molar-refractivity contribution in [1.82, 2.24) is 5.32 Å². The molecule has 0 radical (unpaired) electrons. The first-order valence-electron chi connectivity index (χ1n) is 5.74. The summed E-state index contributed by atoms with van der Waals surface area (Å²) < 4.78 is 34.7. The number of likely N-dealkylation sites (N-methyl/N-ethyl adjacent to an activating group) is 1. The summed E-state index contributed by atoms with van der Waals surface area (Å²) in [6.45, 7) is 3.82. The van der Waals surface area contributed by atoms with Crippen LogP contribution in [0.1, 0.15) is 12.0 Å². The minimum absolute atomic E-state index is 0.0666. The Morgan fingerprint density at radius 3 is 2.22 bits per heavy atom. The molecule has 1 saturated heterocycles. The van der Waals surface area contributed by atoms with Crippen LogP contribution in [0.4, 0.5) is 0 Å². The molecular weight excluding hydrogens is 254 g/mol. The van der Waals surface area contributed by atoms with Crippen molar-refractivity contribution in [3.63, 3.8) is 0 Å². The van der Waals surface area contributed by atoms with Crippen molar-refractivity contribution in [3.05, 3.63) is 29.8 Å². The molecule has 18 heavy (non-hydrogen) atoms. The van der Waals surface area contributed by atoms with E-state index in [-0.39, 0.29) is 4.90 Å². The molecule has 1 aromatic carbocycles. The van der Waals surface area contributed by atoms with Crippen LogP contribution in [0.2, 0.25) is 0 Å². The summed E-state index contributed by atoms with van der Waals surface area (Å²) in [5.41, 5.74) is 0.956. The van der Waals surface area contributed by atoms with Crippen LogP contribution < -0.4 is 5.32 Å². The van der Waals surface area contributed by atoms with E-state index in [1.807, 2.05) is 14.0 Å². The Morgan fingerprint density at radius 1 is 1.39 bits per heavy atom. The molecule has 5 nitrogen and oxygen atoms in total. The summed E-state index contributed by atoms with van der Waals surface area (Å²) in [6, 6.07) is 5.99. The van der Waals surface area contributed by atoms with Gasteiger partial charge < -0.3 is 10.1 Å². The molecule has 1 aliphatic rings. The van der Waals surface area contributed by atoms with Crippen LogP contribution in [0.5, 0.6) is 0 Å². The lowest BCUT2D eigenvalue weighted by Crippen LogP contribution is -2.35. The Labute approximate surface area is 108 Å². The second-order valence-electron chi connectivity index (χ2n) is 4.13. The lowest BCUT2D eigenvalue weighted by Gasteiger charge is -2.25. The molecule has 0 amide bonds. The topological polar surface area (TPSA) is 75.6 Å². The first-order valence-corrected chi connectivity index (χ1v) is 7.18. The Balaban J connectivity index is 0.000000199. The van der Waals surface area contributed by atoms with Gasteiger partial charge in [-0.2, -0.15) is 8.42 Å². The van der Waals surface area contributed by atoms with Crippen LogP contribution in [-0.4, -0.2) is 39.3 Å². The van der Waals surface area contributed by atoms with Gasteiger partial charge in [-0.05, 0) is 32.5 Å². The molecule has 102 valence electrons. The Morgan fingerprint density at radius 2 is 1.94 bits per heavy atom. The SMILES string of the molecule is CNCC1CCO1.Cc1ccc(S(=O)(=O)O)cc1. The summed E-state index contributed by atoms with van der Waals surface area (Å²) in [5, 5.41) is 3.04. The molecule has 1 aromatic rings. The highest BCUT2D eigenvalue weighted by Gasteiger charge is 2.15. The summed E-state index contributed by atoms with van der Waals surface area (Å²) in [6.07, 6.45) is 1.76. The van der Waals surface area contributed by atoms with E-state index in [0.29, 0.717) is 6.10 Å². The molecule has 6 heteroatoms. The zero-order chi connectivity index (χ0) is 13.6. The maximum atomic E-state index is 10.5. The van der Waals surface area contributed by atoms with Crippen molar-refractivity contribution in [3.8, 4) is 0 Å². The van der Waals surface area contributed by atoms with Gasteiger partial charge in [-0.3, -0.25) is 4.55 Å². The van der Waals surface area contributed by atoms with E-state index in [9.17, 15) is 8.42 Å². The van der Waals surface area contributed by atoms with Crippen LogP contribution >= 0.6 is 0 Å². The number of ether oxygens (including phenoxy) is 1. The van der Waals surface area contributed by atoms with Crippen LogP contribution in [0.3, 0.4) is 0 Å². The van der Waals surface area contributed by atoms with E-state index in [1.165, 1.54) is 18.6 Å². The van der Waals surface area contributed by atoms with E-state index in [0.717, 1.165) is 18.7 Å². The molecule has 2 N–H and O–H groups in total. The quantitative estimate of drug-likeness (QED) is 0.810. The molecule has 0 spiro atoms. The number of hydrogen-bond acceptors (Lipinski definition) is 4. The van der Waals surface area contributed by atoms with Gasteiger partial charge in [-0.1, -0.05) is 17.7 Å². The molecule has 1 heterocycles. The maximum absolute atomic E-state index is 10.5. The smallest absolute Gasteiger partial charge is 0.294 e. The van der Waals surface area contributed by atoms with Crippen LogP contribution in [-0.2, 0) is 14.9 Å². The molecule has 0 aromatic heterocycles. The van der Waals surface area contributed by atoms with Gasteiger partial charge in [0.15, 0.2) is 0 Å². The number of nitrogens with one attached hydrogen (secondary N) is 1. The minimum Gasteiger partial charge on any atom is -0.377 e. The van der Waals surface area contributed by atoms with Gasteiger partial charge in [0, 0.05) is 13.2 Å². The molecule has 1 atom stereocenters. The standard InChI is InChI=1S/C7H8O3S.C5H11NO/c1-6-2-4-7(5-3-6)11(8,9)10;1-6-4-5-2-3-7-5/h2-5H,1H3,(H,8,9,10);5-6H,2-4H2,1H3. The second kappa shape index (κ2) is 6.84. The molecule has 0 saturated carbocycles. The fourth-order valence-corrected chi connectivity index (χ4v) is 1.86. The Bertz CT molecular complexity index is 451. The zero-order valence-electron chi connectivity index (χ0n) is 10.6. The summed E-state index contributed by atoms with van der Waals surface area (Å²) in [7, 11) is -2.07. The van der Waals surface area contributed by atoms with Gasteiger partial charge in [0.05, 0.1) is 11.0 Å². The first-order chi connectivity index (χ1) is 8.43. The van der Waals surface area contributed by atoms with Crippen LogP contribution in [0, 0.1) is 6.92 Å². The Kier molecular flexibility index (Phi) is 5.74. The van der Waals surface area contributed by atoms with Crippen molar-refractivity contribution in [2.24, 2.45) is 0 Å². The van der Waals surface area contributed by atoms with Gasteiger partial charge in [0.1, 0.15) is 0 Å². The average Bonchev–Trinajstić information content (AvgIpc) is 2.24. The highest BCUT2D eigenvalue weighted by Crippen LogP contribution is 2.08. The monoisotopic (exact) mass is 273 g/mol. The largest absolute Gasteiger partial charge is 0.377 e. The minimum atomic E-state index is -4.02. The Hall–Kier alpha value is -0.950. The molecule has 0 bridgehead atoms. The van der Waals surface area contributed by atoms with Gasteiger partial charge in [-0.25, -0.2) is 0 Å². The van der Waals surface area contributed by atoms with Crippen LogP contribution in [0.25, 0.3) is 0 Å². The van der Waals surface area contributed by atoms with Crippen molar-refractivity contribution in [2.45, 2.75) is 24.3 Å². The summed E-state index contributed by atoms with van der Waals surface area (Å²) in [4.78, 5) is -0.0666. The number of benzene rings is 1. The third-order valence-corrected chi connectivity index (χ3v) is 3.41. The third kappa shape index (κ3) is 5.14. The number of hydrogen-bond donors (Lipinski definition) is 2. The van der Waals surface area contributed by atoms with Crippen LogP contribution in [0.15, 0.2) is 29.2 Å². The predicted octanol–water partition coefficient (Wildman–Crippen LogP) is 1.24. The van der Waals surface area contributed by atoms with Gasteiger partial charge >= 0.3 is 0 Å². The predicted molar refractivity (Wildman–Crippen MR) is 69.3 cm³/mol. The average molecular weight is 273 g/mol. The van der Waals surface area contributed by atoms with E-state index >= 15 is 0 Å². The lowest BCUT2D eigenvalue weighted by molar-refractivity contribution is -0.0473. The summed E-state index contributed by atoms with van der Waals surface area (Å²) >= 11 is 0. The molecule has 1 fully saturated rings. The molecular formula is C12H19NO4S. The van der Waals surface area contributed by atoms with E-state index < -0.39 is 10.1 Å². The van der Waals surface area contributed by atoms with E-state index in [2.05, 4.69) is 5.32 Å². The van der Waals surface area contributed by atoms with E-state index in [1.54, 1.807) is 12.1 Å². The first kappa shape index (κ1) is 15.1. The summed E-state index contributed by atoms with van der Waals surface area (Å²) in [5.74, 6) is 0. The van der Waals surface area contributed by atoms with Gasteiger partial charge in [0.2, 0.25) is 0 Å². The van der Waals surface area contributed by atoms with Gasteiger partial charge in [-0.15, -0.1) is 0 Å². The fraction of sp³-hybridized carbons (Fsp3) is 0.500. The number of rotatable bonds is 3. The molecule has 2 rings (SSSR count). The molecule has 0 aliphatic carbocycles. The molecule has 1 aliphatic heterocycles. The van der Waals surface area contributed by atoms with Crippen molar-refractivity contribution >= 4 is 10.1 Å². The normalized spacial score (nSPS) is 18.5. The zero-order valence-corrected chi connectivity index (χ0v) is 11.4. The highest BCUT2D eigenvalue weighted by molar-refractivity contribution is 7.85. The number of aryl methyl sites for hydroxylation is 1. The highest BCUT2D eigenvalue weighted by atomic mass is 32.2. The maximum Gasteiger partial charge on any atom is 0.294 e. The van der Waals surface area contributed by atoms with Crippen molar-refractivity contribution < 1.29 is 17.7 Å². The molecule has 1 unspecified atom stereocenters. The van der Waals surface area contributed by atoms with Crippen molar-refractivity contribution in [1.29, 1.82) is 0 Å². The third-order valence-electron chi connectivity index (χ3n) is 2.54. The van der Waals surface area contributed by atoms with Crippen molar-refractivity contribution in [2.75, 3.05) is 20.2 Å². The second-order valence-corrected chi connectivity index (χ2v) is 5.55. The fourth-order valence-electron chi connectivity index (χ4n) is 1.38. The van der Waals surface area contributed by atoms with Gasteiger partial charge in [0.25, 0.3) is 10.1 Å².